The summed E-state index contributed by atoms with van der Waals surface area (Å²) < 4.78 is 0. The number of hydrogen-bond donors (Lipinski definition) is 0. The first kappa shape index (κ1) is 40.3. The fourth-order valence-corrected chi connectivity index (χ4v) is 11.4. The van der Waals surface area contributed by atoms with Gasteiger partial charge >= 0.3 is 0 Å². The first-order valence-electron chi connectivity index (χ1n) is 23.8. The monoisotopic (exact) mass is 878 g/mol. The molecule has 11 aromatic rings. The van der Waals surface area contributed by atoms with Crippen LogP contribution in [0.25, 0.3) is 55.6 Å². The van der Waals surface area contributed by atoms with Crippen LogP contribution in [0.4, 0.5) is 34.1 Å². The van der Waals surface area contributed by atoms with Crippen molar-refractivity contribution in [1.29, 1.82) is 0 Å². The van der Waals surface area contributed by atoms with Crippen molar-refractivity contribution in [2.45, 2.75) is 5.41 Å². The maximum Gasteiger partial charge on any atom is 0.0727 e. The molecule has 0 saturated carbocycles. The molecule has 1 spiro atoms. The van der Waals surface area contributed by atoms with Gasteiger partial charge in [0.2, 0.25) is 0 Å². The third-order valence-electron chi connectivity index (χ3n) is 14.3. The highest BCUT2D eigenvalue weighted by Crippen LogP contribution is 2.63. The van der Waals surface area contributed by atoms with E-state index >= 15 is 0 Å². The first-order chi connectivity index (χ1) is 34.3. The summed E-state index contributed by atoms with van der Waals surface area (Å²) in [7, 11) is 0. The van der Waals surface area contributed by atoms with Gasteiger partial charge in [-0.3, -0.25) is 0 Å². The number of nitrogens with zero attached hydrogens (tertiary/aromatic N) is 2. The first-order valence-corrected chi connectivity index (χ1v) is 23.8. The molecule has 2 nitrogen and oxygen atoms in total. The van der Waals surface area contributed by atoms with Gasteiger partial charge in [-0.1, -0.05) is 218 Å². The van der Waals surface area contributed by atoms with Crippen LogP contribution in [0.1, 0.15) is 22.3 Å². The Morgan fingerprint density at radius 2 is 0.507 bits per heavy atom. The molecule has 324 valence electrons. The zero-order valence-corrected chi connectivity index (χ0v) is 38.0. The van der Waals surface area contributed by atoms with Crippen LogP contribution < -0.4 is 9.80 Å². The van der Waals surface area contributed by atoms with E-state index in [2.05, 4.69) is 289 Å². The molecule has 0 atom stereocenters. The lowest BCUT2D eigenvalue weighted by molar-refractivity contribution is 0.775. The van der Waals surface area contributed by atoms with E-state index in [4.69, 9.17) is 0 Å². The van der Waals surface area contributed by atoms with Gasteiger partial charge in [0.25, 0.3) is 0 Å². The van der Waals surface area contributed by atoms with E-state index in [1.807, 2.05) is 0 Å². The molecule has 0 unspecified atom stereocenters. The molecule has 0 aliphatic heterocycles. The fourth-order valence-electron chi connectivity index (χ4n) is 11.4. The Morgan fingerprint density at radius 3 is 0.913 bits per heavy atom. The molecule has 0 amide bonds. The average molecular weight is 879 g/mol. The maximum atomic E-state index is 2.52. The van der Waals surface area contributed by atoms with Gasteiger partial charge in [-0.2, -0.15) is 0 Å². The van der Waals surface area contributed by atoms with E-state index in [1.165, 1.54) is 77.9 Å². The Bertz CT molecular complexity index is 3430. The van der Waals surface area contributed by atoms with E-state index in [1.54, 1.807) is 0 Å². The van der Waals surface area contributed by atoms with Crippen molar-refractivity contribution >= 4 is 34.1 Å². The Labute approximate surface area is 404 Å². The molecule has 2 heteroatoms. The van der Waals surface area contributed by atoms with Crippen molar-refractivity contribution in [3.8, 4) is 55.6 Å². The van der Waals surface area contributed by atoms with Gasteiger partial charge in [0.15, 0.2) is 0 Å². The van der Waals surface area contributed by atoms with Crippen LogP contribution in [0.15, 0.2) is 279 Å². The molecule has 11 aromatic carbocycles. The molecule has 0 saturated heterocycles. The normalized spacial score (nSPS) is 12.5. The van der Waals surface area contributed by atoms with Crippen LogP contribution >= 0.6 is 0 Å². The van der Waals surface area contributed by atoms with Gasteiger partial charge in [-0.25, -0.2) is 0 Å². The van der Waals surface area contributed by atoms with Crippen molar-refractivity contribution in [3.63, 3.8) is 0 Å². The maximum absolute atomic E-state index is 2.52. The van der Waals surface area contributed by atoms with Crippen LogP contribution in [0.3, 0.4) is 0 Å². The molecule has 2 aliphatic carbocycles. The highest BCUT2D eigenvalue weighted by Gasteiger charge is 2.50. The quantitative estimate of drug-likeness (QED) is 0.150. The molecule has 2 aliphatic rings. The highest BCUT2D eigenvalue weighted by molar-refractivity contribution is 6.00. The van der Waals surface area contributed by atoms with Crippen molar-refractivity contribution in [3.05, 3.63) is 301 Å². The van der Waals surface area contributed by atoms with Crippen LogP contribution in [-0.4, -0.2) is 0 Å². The van der Waals surface area contributed by atoms with Gasteiger partial charge in [0.1, 0.15) is 0 Å². The summed E-state index contributed by atoms with van der Waals surface area (Å²) in [5.41, 5.74) is 23.0. The van der Waals surface area contributed by atoms with Crippen molar-refractivity contribution in [1.82, 2.24) is 0 Å². The van der Waals surface area contributed by atoms with Gasteiger partial charge < -0.3 is 9.80 Å². The molecule has 0 aromatic heterocycles. The summed E-state index contributed by atoms with van der Waals surface area (Å²) in [6.07, 6.45) is 0. The summed E-state index contributed by atoms with van der Waals surface area (Å²) in [6.45, 7) is 0. The largest absolute Gasteiger partial charge is 0.310 e. The van der Waals surface area contributed by atoms with E-state index < -0.39 is 5.41 Å². The highest BCUT2D eigenvalue weighted by atomic mass is 15.2. The summed E-state index contributed by atoms with van der Waals surface area (Å²) in [5, 5.41) is 0. The second kappa shape index (κ2) is 16.7. The SMILES string of the molecule is c1ccc(-c2ccccc2N(c2ccccc2)c2ccc3c(c2)C2(c4cc(N(c5ccccc5)c5ccccc5-c5ccccc5)ccc4-c4ccccc4-3)c3ccccc3-c3ccccc32)cc1. The number of hydrogen-bond acceptors (Lipinski definition) is 2. The summed E-state index contributed by atoms with van der Waals surface area (Å²) in [6, 6.07) is 103. The van der Waals surface area contributed by atoms with E-state index in [0.717, 1.165) is 34.1 Å². The van der Waals surface area contributed by atoms with E-state index in [9.17, 15) is 0 Å². The molecular weight excluding hydrogens is 833 g/mol. The van der Waals surface area contributed by atoms with E-state index in [-0.39, 0.29) is 0 Å². The standard InChI is InChI=1S/C67H46N2/c1-5-23-47(24-6-1)53-31-17-21-39-65(53)68(49-27-9-3-10-28-49)51-41-43-59-55-33-13-14-34-56(55)60-44-42-52(69(50-29-11-4-12-30-50)66-40-22-18-32-54(66)48-25-7-2-8-26-48)46-64(60)67(63(59)45-51)61-37-19-15-35-57(61)58-36-16-20-38-62(58)67/h1-46H. The van der Waals surface area contributed by atoms with Crippen LogP contribution in [-0.2, 0) is 5.41 Å². The average Bonchev–Trinajstić information content (AvgIpc) is 3.68. The lowest BCUT2D eigenvalue weighted by atomic mass is 9.65. The van der Waals surface area contributed by atoms with Crippen LogP contribution in [0, 0.1) is 0 Å². The third-order valence-corrected chi connectivity index (χ3v) is 14.3. The molecule has 0 N–H and O–H groups in total. The summed E-state index contributed by atoms with van der Waals surface area (Å²) in [4.78, 5) is 4.91. The fraction of sp³-hybridized carbons (Fsp3) is 0.0149. The van der Waals surface area contributed by atoms with Gasteiger partial charge in [-0.05, 0) is 127 Å². The van der Waals surface area contributed by atoms with E-state index in [0.29, 0.717) is 0 Å². The third kappa shape index (κ3) is 6.48. The van der Waals surface area contributed by atoms with Gasteiger partial charge in [0, 0.05) is 33.9 Å². The number of fused-ring (bicyclic) bond motifs is 12. The molecule has 0 fully saturated rings. The summed E-state index contributed by atoms with van der Waals surface area (Å²) >= 11 is 0. The topological polar surface area (TPSA) is 6.48 Å². The van der Waals surface area contributed by atoms with Crippen molar-refractivity contribution < 1.29 is 0 Å². The lowest BCUT2D eigenvalue weighted by Gasteiger charge is -2.37. The molecule has 0 heterocycles. The Morgan fingerprint density at radius 1 is 0.203 bits per heavy atom. The van der Waals surface area contributed by atoms with Crippen molar-refractivity contribution in [2.24, 2.45) is 0 Å². The molecule has 0 radical (unpaired) electrons. The number of rotatable bonds is 8. The predicted octanol–water partition coefficient (Wildman–Crippen LogP) is 18.0. The minimum absolute atomic E-state index is 0.731. The zero-order chi connectivity index (χ0) is 45.7. The molecule has 13 rings (SSSR count). The number of anilines is 6. The zero-order valence-electron chi connectivity index (χ0n) is 38.0. The minimum Gasteiger partial charge on any atom is -0.310 e. The molecule has 69 heavy (non-hydrogen) atoms. The number of para-hydroxylation sites is 4. The molecular formula is C67H46N2. The Balaban J connectivity index is 1.14. The Hall–Kier alpha value is -8.98. The number of benzene rings is 11. The lowest BCUT2D eigenvalue weighted by Crippen LogP contribution is -2.30. The van der Waals surface area contributed by atoms with Gasteiger partial charge in [-0.15, -0.1) is 0 Å². The second-order valence-corrected chi connectivity index (χ2v) is 18.0. The Kier molecular flexibility index (Phi) is 9.77. The predicted molar refractivity (Wildman–Crippen MR) is 288 cm³/mol. The smallest absolute Gasteiger partial charge is 0.0727 e. The second-order valence-electron chi connectivity index (χ2n) is 18.0. The van der Waals surface area contributed by atoms with Crippen LogP contribution in [0.5, 0.6) is 0 Å². The summed E-state index contributed by atoms with van der Waals surface area (Å²) in [5.74, 6) is 0. The van der Waals surface area contributed by atoms with Gasteiger partial charge in [0.05, 0.1) is 16.8 Å². The minimum atomic E-state index is -0.731. The molecule has 0 bridgehead atoms. The van der Waals surface area contributed by atoms with Crippen LogP contribution in [0.2, 0.25) is 0 Å². The van der Waals surface area contributed by atoms with Crippen molar-refractivity contribution in [2.75, 3.05) is 9.80 Å².